The van der Waals surface area contributed by atoms with E-state index in [9.17, 15) is 9.90 Å². The second-order valence-corrected chi connectivity index (χ2v) is 6.45. The van der Waals surface area contributed by atoms with E-state index < -0.39 is 12.2 Å². The van der Waals surface area contributed by atoms with Gasteiger partial charge < -0.3 is 19.7 Å². The van der Waals surface area contributed by atoms with Gasteiger partial charge >= 0.3 is 6.09 Å². The van der Waals surface area contributed by atoms with Gasteiger partial charge in [0, 0.05) is 12.3 Å². The highest BCUT2D eigenvalue weighted by Crippen LogP contribution is 2.30. The third-order valence-electron chi connectivity index (χ3n) is 4.20. The fraction of sp³-hybridized carbons (Fsp3) is 0.381. The molecule has 3 N–H and O–H groups in total. The molecule has 6 heteroatoms. The zero-order chi connectivity index (χ0) is 19.6. The standard InChI is InChI=1S/C21H27NO5/c1-15-3-7-18(8-4-15)22-21(25)27-20(16(2)11-12-23)17-5-9-19(10-6-17)26-14-13-24/h3-10,16,20,23-24H,11-14H2,1-2H3,(H,22,25)/t16-,20+/m0/s1. The summed E-state index contributed by atoms with van der Waals surface area (Å²) in [6.07, 6.45) is -0.547. The van der Waals surface area contributed by atoms with Crippen molar-refractivity contribution in [3.63, 3.8) is 0 Å². The van der Waals surface area contributed by atoms with Gasteiger partial charge in [-0.3, -0.25) is 5.32 Å². The summed E-state index contributed by atoms with van der Waals surface area (Å²) in [4.78, 5) is 12.3. The highest BCUT2D eigenvalue weighted by atomic mass is 16.6. The van der Waals surface area contributed by atoms with E-state index in [1.165, 1.54) is 0 Å². The molecule has 0 fully saturated rings. The van der Waals surface area contributed by atoms with Gasteiger partial charge in [-0.25, -0.2) is 4.79 Å². The number of hydrogen-bond donors (Lipinski definition) is 3. The Bertz CT molecular complexity index is 700. The lowest BCUT2D eigenvalue weighted by molar-refractivity contribution is 0.0667. The summed E-state index contributed by atoms with van der Waals surface area (Å²) in [6.45, 7) is 4.08. The van der Waals surface area contributed by atoms with Gasteiger partial charge in [-0.05, 0) is 49.1 Å². The zero-order valence-electron chi connectivity index (χ0n) is 15.7. The molecule has 0 saturated carbocycles. The van der Waals surface area contributed by atoms with Crippen LogP contribution < -0.4 is 10.1 Å². The average molecular weight is 373 g/mol. The van der Waals surface area contributed by atoms with Crippen molar-refractivity contribution in [3.8, 4) is 5.75 Å². The van der Waals surface area contributed by atoms with Crippen LogP contribution in [0.5, 0.6) is 5.75 Å². The summed E-state index contributed by atoms with van der Waals surface area (Å²) in [7, 11) is 0. The number of carbonyl (C=O) groups is 1. The van der Waals surface area contributed by atoms with Crippen molar-refractivity contribution in [3.05, 3.63) is 59.7 Å². The van der Waals surface area contributed by atoms with Crippen molar-refractivity contribution in [1.82, 2.24) is 0 Å². The third-order valence-corrected chi connectivity index (χ3v) is 4.20. The molecular weight excluding hydrogens is 346 g/mol. The number of amides is 1. The molecule has 2 aromatic rings. The Labute approximate surface area is 159 Å². The van der Waals surface area contributed by atoms with Gasteiger partial charge in [-0.2, -0.15) is 0 Å². The van der Waals surface area contributed by atoms with E-state index in [4.69, 9.17) is 14.6 Å². The molecule has 0 aromatic heterocycles. The van der Waals surface area contributed by atoms with Gasteiger partial charge in [0.1, 0.15) is 18.5 Å². The maximum Gasteiger partial charge on any atom is 0.412 e. The highest BCUT2D eigenvalue weighted by molar-refractivity contribution is 5.84. The van der Waals surface area contributed by atoms with Crippen molar-refractivity contribution in [2.24, 2.45) is 5.92 Å². The number of aliphatic hydroxyl groups is 2. The van der Waals surface area contributed by atoms with Crippen LogP contribution in [0.25, 0.3) is 0 Å². The molecule has 0 spiro atoms. The maximum atomic E-state index is 12.3. The van der Waals surface area contributed by atoms with E-state index in [1.54, 1.807) is 12.1 Å². The third kappa shape index (κ3) is 6.58. The minimum absolute atomic E-state index is 0.0122. The molecule has 0 radical (unpaired) electrons. The van der Waals surface area contributed by atoms with Crippen molar-refractivity contribution in [2.75, 3.05) is 25.1 Å². The van der Waals surface area contributed by atoms with Crippen LogP contribution in [0.4, 0.5) is 10.5 Å². The Kier molecular flexibility index (Phi) is 8.10. The number of hydrogen-bond acceptors (Lipinski definition) is 5. The minimum atomic E-state index is -0.547. The molecule has 6 nitrogen and oxygen atoms in total. The lowest BCUT2D eigenvalue weighted by Crippen LogP contribution is -2.22. The van der Waals surface area contributed by atoms with Gasteiger partial charge in [0.2, 0.25) is 0 Å². The average Bonchev–Trinajstić information content (AvgIpc) is 2.67. The Morgan fingerprint density at radius 3 is 2.30 bits per heavy atom. The molecule has 146 valence electrons. The van der Waals surface area contributed by atoms with Gasteiger partial charge in [0.15, 0.2) is 0 Å². The Balaban J connectivity index is 2.08. The van der Waals surface area contributed by atoms with Crippen LogP contribution in [0.2, 0.25) is 0 Å². The summed E-state index contributed by atoms with van der Waals surface area (Å²) in [5.74, 6) is 0.563. The van der Waals surface area contributed by atoms with E-state index in [1.807, 2.05) is 50.2 Å². The number of anilines is 1. The molecule has 0 unspecified atom stereocenters. The minimum Gasteiger partial charge on any atom is -0.491 e. The topological polar surface area (TPSA) is 88.0 Å². The monoisotopic (exact) mass is 373 g/mol. The number of aryl methyl sites for hydroxylation is 1. The molecule has 0 bridgehead atoms. The molecule has 2 rings (SSSR count). The van der Waals surface area contributed by atoms with Crippen LogP contribution in [0.1, 0.15) is 30.6 Å². The Hall–Kier alpha value is -2.57. The van der Waals surface area contributed by atoms with E-state index in [0.717, 1.165) is 11.1 Å². The Morgan fingerprint density at radius 2 is 1.70 bits per heavy atom. The van der Waals surface area contributed by atoms with Crippen LogP contribution in [0.15, 0.2) is 48.5 Å². The molecule has 27 heavy (non-hydrogen) atoms. The normalized spacial score (nSPS) is 12.9. The van der Waals surface area contributed by atoms with Gasteiger partial charge in [-0.1, -0.05) is 36.8 Å². The molecular formula is C21H27NO5. The fourth-order valence-electron chi connectivity index (χ4n) is 2.68. The first-order valence-electron chi connectivity index (χ1n) is 9.02. The SMILES string of the molecule is Cc1ccc(NC(=O)O[C@@H](c2ccc(OCCO)cc2)[C@@H](C)CCO)cc1. The number of nitrogens with one attached hydrogen (secondary N) is 1. The number of rotatable bonds is 9. The van der Waals surface area contributed by atoms with Crippen molar-refractivity contribution in [2.45, 2.75) is 26.4 Å². The van der Waals surface area contributed by atoms with Crippen LogP contribution in [0.3, 0.4) is 0 Å². The summed E-state index contributed by atoms with van der Waals surface area (Å²) in [5, 5.41) is 20.8. The number of ether oxygens (including phenoxy) is 2. The molecule has 2 aromatic carbocycles. The zero-order valence-corrected chi connectivity index (χ0v) is 15.7. The van der Waals surface area contributed by atoms with Crippen LogP contribution in [-0.2, 0) is 4.74 Å². The summed E-state index contributed by atoms with van der Waals surface area (Å²) >= 11 is 0. The second kappa shape index (κ2) is 10.5. The molecule has 0 heterocycles. The molecule has 1 amide bonds. The molecule has 2 atom stereocenters. The van der Waals surface area contributed by atoms with Gasteiger partial charge in [0.05, 0.1) is 6.61 Å². The first-order valence-corrected chi connectivity index (χ1v) is 9.02. The Morgan fingerprint density at radius 1 is 1.04 bits per heavy atom. The largest absolute Gasteiger partial charge is 0.491 e. The maximum absolute atomic E-state index is 12.3. The predicted octanol–water partition coefficient (Wildman–Crippen LogP) is 3.67. The fourth-order valence-corrected chi connectivity index (χ4v) is 2.68. The molecule has 0 aliphatic heterocycles. The predicted molar refractivity (Wildman–Crippen MR) is 104 cm³/mol. The van der Waals surface area contributed by atoms with Crippen LogP contribution in [0, 0.1) is 12.8 Å². The number of benzene rings is 2. The van der Waals surface area contributed by atoms with E-state index >= 15 is 0 Å². The highest BCUT2D eigenvalue weighted by Gasteiger charge is 2.23. The van der Waals surface area contributed by atoms with Crippen molar-refractivity contribution < 1.29 is 24.5 Å². The number of carbonyl (C=O) groups excluding carboxylic acids is 1. The van der Waals surface area contributed by atoms with E-state index in [0.29, 0.717) is 17.9 Å². The summed E-state index contributed by atoms with van der Waals surface area (Å²) in [5.41, 5.74) is 2.57. The first-order chi connectivity index (χ1) is 13.0. The van der Waals surface area contributed by atoms with Crippen LogP contribution in [-0.4, -0.2) is 36.1 Å². The van der Waals surface area contributed by atoms with Gasteiger partial charge in [-0.15, -0.1) is 0 Å². The summed E-state index contributed by atoms with van der Waals surface area (Å²) in [6, 6.07) is 14.6. The van der Waals surface area contributed by atoms with Crippen molar-refractivity contribution in [1.29, 1.82) is 0 Å². The first kappa shape index (κ1) is 20.7. The lowest BCUT2D eigenvalue weighted by atomic mass is 9.94. The number of aliphatic hydroxyl groups excluding tert-OH is 2. The molecule has 0 saturated heterocycles. The quantitative estimate of drug-likeness (QED) is 0.624. The summed E-state index contributed by atoms with van der Waals surface area (Å²) < 4.78 is 11.0. The van der Waals surface area contributed by atoms with E-state index in [-0.39, 0.29) is 25.7 Å². The van der Waals surface area contributed by atoms with Crippen LogP contribution >= 0.6 is 0 Å². The second-order valence-electron chi connectivity index (χ2n) is 6.45. The smallest absolute Gasteiger partial charge is 0.412 e. The molecule has 0 aliphatic carbocycles. The van der Waals surface area contributed by atoms with Gasteiger partial charge in [0.25, 0.3) is 0 Å². The van der Waals surface area contributed by atoms with E-state index in [2.05, 4.69) is 5.32 Å². The lowest BCUT2D eigenvalue weighted by Gasteiger charge is -2.24. The molecule has 0 aliphatic rings. The van der Waals surface area contributed by atoms with Crippen molar-refractivity contribution >= 4 is 11.8 Å².